The smallest absolute Gasteiger partial charge is 0.337 e. The predicted octanol–water partition coefficient (Wildman–Crippen LogP) is 4.12. The van der Waals surface area contributed by atoms with Gasteiger partial charge in [-0.3, -0.25) is 4.79 Å². The highest BCUT2D eigenvalue weighted by Gasteiger charge is 2.20. The van der Waals surface area contributed by atoms with Crippen LogP contribution in [0.2, 0.25) is 0 Å². The number of carbonyl (C=O) groups is 2. The molecule has 0 aliphatic rings. The number of aromatic hydroxyl groups is 1. The highest BCUT2D eigenvalue weighted by atomic mass is 16.5. The molecule has 8 heteroatoms. The molecule has 0 saturated heterocycles. The summed E-state index contributed by atoms with van der Waals surface area (Å²) in [4.78, 5) is 34.1. The van der Waals surface area contributed by atoms with Gasteiger partial charge in [0.05, 0.1) is 29.6 Å². The summed E-state index contributed by atoms with van der Waals surface area (Å²) in [5.41, 5.74) is 4.02. The second-order valence-corrected chi connectivity index (χ2v) is 8.30. The van der Waals surface area contributed by atoms with Gasteiger partial charge < -0.3 is 25.0 Å². The first-order valence-electron chi connectivity index (χ1n) is 11.5. The van der Waals surface area contributed by atoms with Crippen LogP contribution in [-0.2, 0) is 4.74 Å². The molecule has 0 radical (unpaired) electrons. The van der Waals surface area contributed by atoms with Gasteiger partial charge in [-0.25, -0.2) is 9.79 Å². The number of aromatic nitrogens is 1. The van der Waals surface area contributed by atoms with Crippen LogP contribution in [0.1, 0.15) is 31.8 Å². The molecule has 36 heavy (non-hydrogen) atoms. The van der Waals surface area contributed by atoms with E-state index in [1.807, 2.05) is 37.4 Å². The molecule has 0 bridgehead atoms. The molecule has 1 aromatic heterocycles. The van der Waals surface area contributed by atoms with Gasteiger partial charge in [-0.1, -0.05) is 36.4 Å². The van der Waals surface area contributed by atoms with Crippen LogP contribution in [0.5, 0.6) is 5.88 Å². The Balaban J connectivity index is 1.76. The molecule has 1 heterocycles. The lowest BCUT2D eigenvalue weighted by molar-refractivity contribution is 0.0600. The number of amides is 1. The fraction of sp³-hybridized carbons (Fsp3) is 0.179. The van der Waals surface area contributed by atoms with Gasteiger partial charge in [0.15, 0.2) is 5.88 Å². The van der Waals surface area contributed by atoms with Crippen LogP contribution in [-0.4, -0.2) is 66.9 Å². The normalized spacial score (nSPS) is 11.5. The number of hydrogen-bond acceptors (Lipinski definition) is 6. The summed E-state index contributed by atoms with van der Waals surface area (Å²) in [6.45, 7) is 1.31. The number of methoxy groups -OCH3 is 1. The summed E-state index contributed by atoms with van der Waals surface area (Å²) in [5.74, 6) is -0.594. The average Bonchev–Trinajstić information content (AvgIpc) is 3.24. The minimum absolute atomic E-state index is 0.0624. The van der Waals surface area contributed by atoms with Crippen molar-refractivity contribution in [3.05, 3.63) is 95.1 Å². The first-order valence-corrected chi connectivity index (χ1v) is 11.5. The third-order valence-electron chi connectivity index (χ3n) is 5.88. The molecule has 3 aromatic carbocycles. The average molecular weight is 485 g/mol. The number of nitrogens with zero attached hydrogens (tertiary/aromatic N) is 2. The Bertz CT molecular complexity index is 1410. The lowest BCUT2D eigenvalue weighted by Gasteiger charge is -2.17. The zero-order valence-electron chi connectivity index (χ0n) is 20.4. The maximum Gasteiger partial charge on any atom is 0.337 e. The fourth-order valence-electron chi connectivity index (χ4n) is 3.94. The maximum atomic E-state index is 12.7. The summed E-state index contributed by atoms with van der Waals surface area (Å²) in [7, 11) is 4.94. The molecule has 8 nitrogen and oxygen atoms in total. The van der Waals surface area contributed by atoms with Crippen LogP contribution in [0, 0.1) is 0 Å². The van der Waals surface area contributed by atoms with Crippen molar-refractivity contribution in [2.45, 2.75) is 0 Å². The Hall–Kier alpha value is -4.43. The van der Waals surface area contributed by atoms with E-state index in [1.165, 1.54) is 7.11 Å². The number of carbonyl (C=O) groups excluding carboxylic acids is 2. The molecule has 1 amide bonds. The molecule has 184 valence electrons. The third kappa shape index (κ3) is 5.13. The monoisotopic (exact) mass is 484 g/mol. The highest BCUT2D eigenvalue weighted by Crippen LogP contribution is 2.32. The van der Waals surface area contributed by atoms with Crippen LogP contribution < -0.4 is 5.32 Å². The van der Waals surface area contributed by atoms with Crippen LogP contribution >= 0.6 is 0 Å². The van der Waals surface area contributed by atoms with Gasteiger partial charge in [-0.2, -0.15) is 0 Å². The van der Waals surface area contributed by atoms with Crippen LogP contribution in [0.4, 0.5) is 5.69 Å². The van der Waals surface area contributed by atoms with Crippen molar-refractivity contribution in [1.29, 1.82) is 0 Å². The largest absolute Gasteiger partial charge is 0.494 e. The van der Waals surface area contributed by atoms with Gasteiger partial charge in [0, 0.05) is 42.2 Å². The Morgan fingerprint density at radius 1 is 1.00 bits per heavy atom. The summed E-state index contributed by atoms with van der Waals surface area (Å²) in [6, 6.07) is 21.6. The first kappa shape index (κ1) is 24.7. The number of rotatable bonds is 8. The SMILES string of the molecule is CNCCN(C)C(=O)c1ccc(N=C(c2ccccc2)c2c(O)[nH]c3cc(C(=O)OC)ccc23)cc1. The fourth-order valence-corrected chi connectivity index (χ4v) is 3.94. The van der Waals surface area contributed by atoms with E-state index in [4.69, 9.17) is 9.73 Å². The summed E-state index contributed by atoms with van der Waals surface area (Å²) in [6.07, 6.45) is 0. The van der Waals surface area contributed by atoms with Gasteiger partial charge >= 0.3 is 5.97 Å². The van der Waals surface area contributed by atoms with E-state index >= 15 is 0 Å². The van der Waals surface area contributed by atoms with E-state index in [2.05, 4.69) is 10.3 Å². The van der Waals surface area contributed by atoms with E-state index < -0.39 is 5.97 Å². The number of aliphatic imine (C=N–C) groups is 1. The number of hydrogen-bond donors (Lipinski definition) is 3. The summed E-state index contributed by atoms with van der Waals surface area (Å²) in [5, 5.41) is 14.6. The molecule has 0 spiro atoms. The number of H-pyrrole nitrogens is 1. The molecular formula is C28H28N4O4. The van der Waals surface area contributed by atoms with Crippen LogP contribution in [0.3, 0.4) is 0 Å². The van der Waals surface area contributed by atoms with E-state index in [0.717, 1.165) is 5.56 Å². The Labute approximate surface area is 209 Å². The van der Waals surface area contributed by atoms with Crippen molar-refractivity contribution < 1.29 is 19.4 Å². The van der Waals surface area contributed by atoms with E-state index in [-0.39, 0.29) is 11.8 Å². The summed E-state index contributed by atoms with van der Waals surface area (Å²) < 4.78 is 4.81. The molecule has 3 N–H and O–H groups in total. The molecule has 0 aliphatic carbocycles. The van der Waals surface area contributed by atoms with Crippen molar-refractivity contribution >= 4 is 34.2 Å². The summed E-state index contributed by atoms with van der Waals surface area (Å²) >= 11 is 0. The van der Waals surface area contributed by atoms with E-state index in [1.54, 1.807) is 54.4 Å². The van der Waals surface area contributed by atoms with Crippen molar-refractivity contribution in [3.8, 4) is 5.88 Å². The van der Waals surface area contributed by atoms with E-state index in [9.17, 15) is 14.7 Å². The van der Waals surface area contributed by atoms with Crippen molar-refractivity contribution in [3.63, 3.8) is 0 Å². The number of likely N-dealkylation sites (N-methyl/N-ethyl adjacent to an activating group) is 2. The second-order valence-electron chi connectivity index (χ2n) is 8.30. The lowest BCUT2D eigenvalue weighted by atomic mass is 10.00. The molecule has 0 fully saturated rings. The van der Waals surface area contributed by atoms with Crippen molar-refractivity contribution in [2.24, 2.45) is 4.99 Å². The van der Waals surface area contributed by atoms with Crippen molar-refractivity contribution in [2.75, 3.05) is 34.3 Å². The quantitative estimate of drug-likeness (QED) is 0.258. The number of esters is 1. The number of aromatic amines is 1. The molecule has 4 rings (SSSR count). The number of fused-ring (bicyclic) bond motifs is 1. The molecular weight excluding hydrogens is 456 g/mol. The van der Waals surface area contributed by atoms with Gasteiger partial charge in [0.2, 0.25) is 0 Å². The molecule has 0 saturated carbocycles. The first-order chi connectivity index (χ1) is 17.4. The van der Waals surface area contributed by atoms with Gasteiger partial charge in [-0.15, -0.1) is 0 Å². The van der Waals surface area contributed by atoms with Gasteiger partial charge in [0.25, 0.3) is 5.91 Å². The number of benzene rings is 3. The highest BCUT2D eigenvalue weighted by molar-refractivity contribution is 6.22. The zero-order chi connectivity index (χ0) is 25.7. The Morgan fingerprint density at radius 2 is 1.69 bits per heavy atom. The molecule has 4 aromatic rings. The van der Waals surface area contributed by atoms with Crippen LogP contribution in [0.15, 0.2) is 77.8 Å². The number of nitrogens with one attached hydrogen (secondary N) is 2. The third-order valence-corrected chi connectivity index (χ3v) is 5.88. The zero-order valence-corrected chi connectivity index (χ0v) is 20.4. The predicted molar refractivity (Wildman–Crippen MR) is 140 cm³/mol. The van der Waals surface area contributed by atoms with Crippen molar-refractivity contribution in [1.82, 2.24) is 15.2 Å². The minimum atomic E-state index is -0.462. The van der Waals surface area contributed by atoms with Crippen LogP contribution in [0.25, 0.3) is 10.9 Å². The molecule has 0 unspecified atom stereocenters. The maximum absolute atomic E-state index is 12.7. The minimum Gasteiger partial charge on any atom is -0.494 e. The van der Waals surface area contributed by atoms with Gasteiger partial charge in [0.1, 0.15) is 0 Å². The topological polar surface area (TPSA) is 107 Å². The Kier molecular flexibility index (Phi) is 7.46. The lowest BCUT2D eigenvalue weighted by Crippen LogP contribution is -2.32. The molecule has 0 aliphatic heterocycles. The van der Waals surface area contributed by atoms with Gasteiger partial charge in [-0.05, 0) is 43.4 Å². The second kappa shape index (κ2) is 10.9. The Morgan fingerprint density at radius 3 is 2.36 bits per heavy atom. The number of ether oxygens (including phenoxy) is 1. The molecule has 0 atom stereocenters. The van der Waals surface area contributed by atoms with E-state index in [0.29, 0.717) is 52.1 Å². The standard InChI is InChI=1S/C28H28N4O4/c1-29-15-16-32(2)27(34)19-9-12-21(13-10-19)30-25(18-7-5-4-6-8-18)24-22-14-11-20(28(35)36-3)17-23(22)31-26(24)33/h4-14,17,29,31,33H,15-16H2,1-3H3.